The molecule has 0 bridgehead atoms. The Morgan fingerprint density at radius 1 is 1.00 bits per heavy atom. The predicted octanol–water partition coefficient (Wildman–Crippen LogP) is 3.46. The van der Waals surface area contributed by atoms with Crippen LogP contribution in [0.1, 0.15) is 0 Å². The highest BCUT2D eigenvalue weighted by Gasteiger charge is 2.09. The molecule has 0 atom stereocenters. The van der Waals surface area contributed by atoms with Crippen molar-refractivity contribution in [2.75, 3.05) is 0 Å². The Bertz CT molecular complexity index is 878. The molecule has 4 aromatic rings. The average Bonchev–Trinajstić information content (AvgIpc) is 3.17. The molecule has 0 unspecified atom stereocenters. The van der Waals surface area contributed by atoms with Crippen LogP contribution in [0.2, 0.25) is 5.02 Å². The first-order chi connectivity index (χ1) is 10.3. The number of nitrogens with zero attached hydrogens (tertiary/aromatic N) is 4. The maximum atomic E-state index is 6.25. The summed E-state index contributed by atoms with van der Waals surface area (Å²) in [6, 6.07) is 13.7. The Hall–Kier alpha value is -2.66. The lowest BCUT2D eigenvalue weighted by Gasteiger charge is -2.06. The summed E-state index contributed by atoms with van der Waals surface area (Å²) in [7, 11) is 0. The van der Waals surface area contributed by atoms with E-state index >= 15 is 0 Å². The van der Waals surface area contributed by atoms with E-state index in [1.165, 1.54) is 0 Å². The quantitative estimate of drug-likeness (QED) is 0.616. The van der Waals surface area contributed by atoms with Crippen LogP contribution in [0.5, 0.6) is 0 Å². The van der Waals surface area contributed by atoms with Gasteiger partial charge in [-0.15, -0.1) is 10.2 Å². The second-order valence-corrected chi connectivity index (χ2v) is 5.05. The van der Waals surface area contributed by atoms with Gasteiger partial charge in [-0.1, -0.05) is 23.7 Å². The number of benzene rings is 2. The molecule has 0 saturated carbocycles. The van der Waals surface area contributed by atoms with E-state index in [1.807, 2.05) is 42.5 Å². The highest BCUT2D eigenvalue weighted by atomic mass is 35.5. The molecule has 2 aromatic carbocycles. The summed E-state index contributed by atoms with van der Waals surface area (Å²) < 4.78 is 1.77. The first-order valence-electron chi connectivity index (χ1n) is 6.41. The first kappa shape index (κ1) is 12.1. The van der Waals surface area contributed by atoms with Crippen LogP contribution in [0.15, 0.2) is 55.1 Å². The largest absolute Gasteiger partial charge is 0.338 e. The van der Waals surface area contributed by atoms with Crippen LogP contribution in [-0.4, -0.2) is 24.7 Å². The molecule has 0 saturated heterocycles. The van der Waals surface area contributed by atoms with E-state index in [1.54, 1.807) is 17.2 Å². The second kappa shape index (κ2) is 4.71. The number of nitrogens with one attached hydrogen (secondary N) is 1. The van der Waals surface area contributed by atoms with Crippen LogP contribution in [0.25, 0.3) is 28.1 Å². The summed E-state index contributed by atoms with van der Waals surface area (Å²) in [6.45, 7) is 0. The molecule has 6 heteroatoms. The van der Waals surface area contributed by atoms with Crippen molar-refractivity contribution >= 4 is 22.6 Å². The van der Waals surface area contributed by atoms with Crippen molar-refractivity contribution in [3.8, 4) is 17.1 Å². The number of aromatic amines is 1. The van der Waals surface area contributed by atoms with Gasteiger partial charge in [0, 0.05) is 5.56 Å². The molecular weight excluding hydrogens is 286 g/mol. The van der Waals surface area contributed by atoms with Crippen molar-refractivity contribution in [3.63, 3.8) is 0 Å². The molecule has 21 heavy (non-hydrogen) atoms. The van der Waals surface area contributed by atoms with E-state index in [0.29, 0.717) is 5.02 Å². The van der Waals surface area contributed by atoms with Crippen LogP contribution < -0.4 is 0 Å². The minimum Gasteiger partial charge on any atom is -0.338 e. The Balaban J connectivity index is 1.87. The van der Waals surface area contributed by atoms with Crippen LogP contribution in [0, 0.1) is 0 Å². The smallest absolute Gasteiger partial charge is 0.138 e. The number of fused-ring (bicyclic) bond motifs is 1. The molecule has 0 radical (unpaired) electrons. The van der Waals surface area contributed by atoms with Gasteiger partial charge in [0.2, 0.25) is 0 Å². The number of rotatable bonds is 2. The molecule has 0 aliphatic heterocycles. The molecular formula is C15H10ClN5. The Labute approximate surface area is 125 Å². The number of hydrogen-bond donors (Lipinski definition) is 1. The molecule has 0 aliphatic carbocycles. The number of hydrogen-bond acceptors (Lipinski definition) is 3. The fourth-order valence-electron chi connectivity index (χ4n) is 2.27. The second-order valence-electron chi connectivity index (χ2n) is 4.64. The van der Waals surface area contributed by atoms with E-state index in [4.69, 9.17) is 11.6 Å². The van der Waals surface area contributed by atoms with E-state index in [-0.39, 0.29) is 0 Å². The Morgan fingerprint density at radius 2 is 1.81 bits per heavy atom. The summed E-state index contributed by atoms with van der Waals surface area (Å²) in [5.74, 6) is 0.808. The van der Waals surface area contributed by atoms with Crippen molar-refractivity contribution in [2.24, 2.45) is 0 Å². The lowest BCUT2D eigenvalue weighted by atomic mass is 10.2. The monoisotopic (exact) mass is 295 g/mol. The van der Waals surface area contributed by atoms with Gasteiger partial charge in [0.1, 0.15) is 18.5 Å². The predicted molar refractivity (Wildman–Crippen MR) is 81.5 cm³/mol. The molecule has 0 aliphatic rings. The van der Waals surface area contributed by atoms with Gasteiger partial charge in [0.05, 0.1) is 21.7 Å². The van der Waals surface area contributed by atoms with Gasteiger partial charge in [-0.05, 0) is 30.3 Å². The standard InChI is InChI=1S/C15H10ClN5/c16-11-6-5-10(7-14(11)21-8-17-18-9-21)15-19-12-3-1-2-4-13(12)20-15/h1-9H,(H,19,20). The lowest BCUT2D eigenvalue weighted by Crippen LogP contribution is -1.92. The number of aromatic nitrogens is 5. The summed E-state index contributed by atoms with van der Waals surface area (Å²) in [5.41, 5.74) is 3.72. The first-order valence-corrected chi connectivity index (χ1v) is 6.79. The van der Waals surface area contributed by atoms with Gasteiger partial charge in [0.15, 0.2) is 0 Å². The highest BCUT2D eigenvalue weighted by Crippen LogP contribution is 2.27. The Kier molecular flexibility index (Phi) is 2.72. The van der Waals surface area contributed by atoms with Gasteiger partial charge in [-0.25, -0.2) is 4.98 Å². The fraction of sp³-hybridized carbons (Fsp3) is 0. The third-order valence-electron chi connectivity index (χ3n) is 3.31. The molecule has 1 N–H and O–H groups in total. The zero-order valence-corrected chi connectivity index (χ0v) is 11.6. The van der Waals surface area contributed by atoms with Crippen LogP contribution in [-0.2, 0) is 0 Å². The third kappa shape index (κ3) is 2.08. The van der Waals surface area contributed by atoms with Crippen molar-refractivity contribution in [2.45, 2.75) is 0 Å². The Morgan fingerprint density at radius 3 is 2.62 bits per heavy atom. The van der Waals surface area contributed by atoms with Crippen molar-refractivity contribution in [1.29, 1.82) is 0 Å². The number of H-pyrrole nitrogens is 1. The molecule has 2 aromatic heterocycles. The SMILES string of the molecule is Clc1ccc(-c2nc3ccccc3[nH]2)cc1-n1cnnc1. The minimum absolute atomic E-state index is 0.634. The van der Waals surface area contributed by atoms with Crippen molar-refractivity contribution in [3.05, 3.63) is 60.1 Å². The van der Waals surface area contributed by atoms with Crippen molar-refractivity contribution in [1.82, 2.24) is 24.7 Å². The molecule has 102 valence electrons. The molecule has 5 nitrogen and oxygen atoms in total. The normalized spacial score (nSPS) is 11.1. The molecule has 0 spiro atoms. The van der Waals surface area contributed by atoms with Gasteiger partial charge in [-0.3, -0.25) is 4.57 Å². The van der Waals surface area contributed by atoms with Crippen LogP contribution in [0.4, 0.5) is 0 Å². The summed E-state index contributed by atoms with van der Waals surface area (Å²) in [6.07, 6.45) is 3.23. The molecule has 4 rings (SSSR count). The van der Waals surface area contributed by atoms with Crippen LogP contribution in [0.3, 0.4) is 0 Å². The van der Waals surface area contributed by atoms with E-state index < -0.39 is 0 Å². The lowest BCUT2D eigenvalue weighted by molar-refractivity contribution is 1.06. The van der Waals surface area contributed by atoms with E-state index in [2.05, 4.69) is 20.2 Å². The highest BCUT2D eigenvalue weighted by molar-refractivity contribution is 6.32. The van der Waals surface area contributed by atoms with Crippen LogP contribution >= 0.6 is 11.6 Å². The number of halogens is 1. The molecule has 0 fully saturated rings. The zero-order valence-electron chi connectivity index (χ0n) is 10.9. The molecule has 0 amide bonds. The van der Waals surface area contributed by atoms with Gasteiger partial charge >= 0.3 is 0 Å². The maximum absolute atomic E-state index is 6.25. The number of para-hydroxylation sites is 2. The fourth-order valence-corrected chi connectivity index (χ4v) is 2.49. The van der Waals surface area contributed by atoms with Gasteiger partial charge in [0.25, 0.3) is 0 Å². The minimum atomic E-state index is 0.634. The molecule has 2 heterocycles. The zero-order chi connectivity index (χ0) is 14.2. The van der Waals surface area contributed by atoms with E-state index in [9.17, 15) is 0 Å². The average molecular weight is 296 g/mol. The van der Waals surface area contributed by atoms with E-state index in [0.717, 1.165) is 28.1 Å². The van der Waals surface area contributed by atoms with Gasteiger partial charge in [-0.2, -0.15) is 0 Å². The summed E-state index contributed by atoms with van der Waals surface area (Å²) >= 11 is 6.25. The van der Waals surface area contributed by atoms with Crippen molar-refractivity contribution < 1.29 is 0 Å². The summed E-state index contributed by atoms with van der Waals surface area (Å²) in [4.78, 5) is 7.91. The number of imidazole rings is 1. The summed E-state index contributed by atoms with van der Waals surface area (Å²) in [5, 5.41) is 8.25. The topological polar surface area (TPSA) is 59.4 Å². The maximum Gasteiger partial charge on any atom is 0.138 e. The third-order valence-corrected chi connectivity index (χ3v) is 3.63. The van der Waals surface area contributed by atoms with Gasteiger partial charge < -0.3 is 4.98 Å².